The molecule has 8 nitrogen and oxygen atoms in total. The summed E-state index contributed by atoms with van der Waals surface area (Å²) >= 11 is 0. The predicted octanol–water partition coefficient (Wildman–Crippen LogP) is 5.33. The third kappa shape index (κ3) is 6.46. The Hall–Kier alpha value is -3.76. The number of esters is 1. The topological polar surface area (TPSA) is 88.2 Å². The van der Waals surface area contributed by atoms with Gasteiger partial charge in [0.15, 0.2) is 0 Å². The number of hydrogen-bond acceptors (Lipinski definition) is 5. The summed E-state index contributed by atoms with van der Waals surface area (Å²) in [5, 5.41) is 2.35. The molecule has 1 heterocycles. The smallest absolute Gasteiger partial charge is 0.410 e. The van der Waals surface area contributed by atoms with Crippen molar-refractivity contribution in [1.82, 2.24) is 4.90 Å². The largest absolute Gasteiger partial charge is 0.465 e. The molecule has 0 radical (unpaired) electrons. The van der Waals surface area contributed by atoms with E-state index in [0.717, 1.165) is 19.2 Å². The predicted molar refractivity (Wildman–Crippen MR) is 126 cm³/mol. The minimum atomic E-state index is -1.14. The summed E-state index contributed by atoms with van der Waals surface area (Å²) < 4.78 is 52.4. The number of likely N-dealkylation sites (tertiary alicyclic amines) is 1. The third-order valence-electron chi connectivity index (χ3n) is 5.49. The van der Waals surface area contributed by atoms with Gasteiger partial charge in [-0.15, -0.1) is 0 Å². The Morgan fingerprint density at radius 3 is 2.28 bits per heavy atom. The summed E-state index contributed by atoms with van der Waals surface area (Å²) in [6.07, 6.45) is 0.191. The van der Waals surface area contributed by atoms with Crippen molar-refractivity contribution in [2.75, 3.05) is 30.4 Å². The van der Waals surface area contributed by atoms with Gasteiger partial charge in [0.1, 0.15) is 23.1 Å². The Morgan fingerprint density at radius 2 is 1.69 bits per heavy atom. The number of carbonyl (C=O) groups excluding carboxylic acids is 3. The van der Waals surface area contributed by atoms with E-state index >= 15 is 0 Å². The zero-order chi connectivity index (χ0) is 26.6. The quantitative estimate of drug-likeness (QED) is 0.566. The van der Waals surface area contributed by atoms with E-state index in [1.165, 1.54) is 28.0 Å². The molecule has 2 aromatic rings. The summed E-state index contributed by atoms with van der Waals surface area (Å²) in [7, 11) is 1.04. The van der Waals surface area contributed by atoms with Gasteiger partial charge in [0.2, 0.25) is 0 Å². The molecule has 194 valence electrons. The number of ether oxygens (including phenoxy) is 2. The number of halogens is 3. The molecule has 1 fully saturated rings. The van der Waals surface area contributed by atoms with Crippen LogP contribution in [0.5, 0.6) is 0 Å². The van der Waals surface area contributed by atoms with Crippen molar-refractivity contribution in [2.24, 2.45) is 0 Å². The number of hydrogen-bond donors (Lipinski definition) is 1. The number of benzene rings is 2. The van der Waals surface area contributed by atoms with E-state index < -0.39 is 58.4 Å². The van der Waals surface area contributed by atoms with Crippen LogP contribution in [-0.2, 0) is 9.47 Å². The van der Waals surface area contributed by atoms with Gasteiger partial charge in [0, 0.05) is 30.9 Å². The van der Waals surface area contributed by atoms with Crippen LogP contribution in [0.4, 0.5) is 34.1 Å². The molecule has 1 saturated heterocycles. The Kier molecular flexibility index (Phi) is 8.11. The van der Waals surface area contributed by atoms with E-state index in [1.807, 2.05) is 0 Å². The third-order valence-corrected chi connectivity index (χ3v) is 5.49. The zero-order valence-electron chi connectivity index (χ0n) is 20.4. The lowest BCUT2D eigenvalue weighted by Gasteiger charge is -2.38. The Balaban J connectivity index is 1.85. The molecule has 0 bridgehead atoms. The maximum absolute atomic E-state index is 14.5. The van der Waals surface area contributed by atoms with Gasteiger partial charge >= 0.3 is 18.1 Å². The Morgan fingerprint density at radius 1 is 1.03 bits per heavy atom. The Bertz CT molecular complexity index is 1140. The molecule has 3 amide bonds. The second-order valence-electron chi connectivity index (χ2n) is 9.28. The standard InChI is InChI=1S/C25H28F3N3O5/c1-25(2,3)36-24(34)30-10-8-16(9-11-30)31(17-7-5-6-15(26)12-17)23(33)29-21-13-18(22(32)35-4)19(27)14-20(21)28/h5-7,12-14,16H,8-11H2,1-4H3,(H,29,33). The van der Waals surface area contributed by atoms with Gasteiger partial charge in [-0.3, -0.25) is 4.90 Å². The molecule has 0 unspecified atom stereocenters. The molecule has 36 heavy (non-hydrogen) atoms. The summed E-state index contributed by atoms with van der Waals surface area (Å²) in [5.41, 5.74) is -1.46. The highest BCUT2D eigenvalue weighted by atomic mass is 19.1. The van der Waals surface area contributed by atoms with Crippen molar-refractivity contribution < 1.29 is 37.0 Å². The number of piperidine rings is 1. The van der Waals surface area contributed by atoms with Crippen molar-refractivity contribution in [3.8, 4) is 0 Å². The van der Waals surface area contributed by atoms with Gasteiger partial charge in [-0.05, 0) is 57.9 Å². The molecule has 0 aliphatic carbocycles. The molecule has 3 rings (SSSR count). The second kappa shape index (κ2) is 10.9. The number of urea groups is 1. The second-order valence-corrected chi connectivity index (χ2v) is 9.28. The average molecular weight is 508 g/mol. The summed E-state index contributed by atoms with van der Waals surface area (Å²) in [5.74, 6) is -3.88. The zero-order valence-corrected chi connectivity index (χ0v) is 20.4. The van der Waals surface area contributed by atoms with Gasteiger partial charge in [-0.25, -0.2) is 27.6 Å². The number of anilines is 2. The van der Waals surface area contributed by atoms with Crippen molar-refractivity contribution >= 4 is 29.5 Å². The number of nitrogens with zero attached hydrogens (tertiary/aromatic N) is 2. The molecular formula is C25H28F3N3O5. The summed E-state index contributed by atoms with van der Waals surface area (Å²) in [4.78, 5) is 40.3. The average Bonchev–Trinajstić information content (AvgIpc) is 2.80. The molecule has 0 spiro atoms. The van der Waals surface area contributed by atoms with Crippen LogP contribution in [0.2, 0.25) is 0 Å². The number of methoxy groups -OCH3 is 1. The van der Waals surface area contributed by atoms with E-state index in [-0.39, 0.29) is 18.8 Å². The lowest BCUT2D eigenvalue weighted by atomic mass is 10.0. The summed E-state index contributed by atoms with van der Waals surface area (Å²) in [6.45, 7) is 5.82. The van der Waals surface area contributed by atoms with Gasteiger partial charge in [-0.2, -0.15) is 0 Å². The highest BCUT2D eigenvalue weighted by Gasteiger charge is 2.33. The lowest BCUT2D eigenvalue weighted by Crippen LogP contribution is -2.51. The minimum Gasteiger partial charge on any atom is -0.465 e. The first-order valence-corrected chi connectivity index (χ1v) is 11.3. The van der Waals surface area contributed by atoms with Crippen molar-refractivity contribution in [1.29, 1.82) is 0 Å². The fourth-order valence-electron chi connectivity index (χ4n) is 3.84. The van der Waals surface area contributed by atoms with Crippen LogP contribution in [0.1, 0.15) is 44.0 Å². The highest BCUT2D eigenvalue weighted by molar-refractivity contribution is 6.03. The SMILES string of the molecule is COC(=O)c1cc(NC(=O)N(c2cccc(F)c2)C2CCN(C(=O)OC(C)(C)C)CC2)c(F)cc1F. The maximum atomic E-state index is 14.5. The molecule has 1 N–H and O–H groups in total. The fourth-order valence-corrected chi connectivity index (χ4v) is 3.84. The molecule has 1 aliphatic rings. The van der Waals surface area contributed by atoms with Crippen LogP contribution in [0, 0.1) is 17.5 Å². The first-order chi connectivity index (χ1) is 16.9. The van der Waals surface area contributed by atoms with Crippen LogP contribution in [0.15, 0.2) is 36.4 Å². The first kappa shape index (κ1) is 26.8. The van der Waals surface area contributed by atoms with Crippen LogP contribution in [-0.4, -0.2) is 54.8 Å². The molecule has 0 atom stereocenters. The lowest BCUT2D eigenvalue weighted by molar-refractivity contribution is 0.0206. The number of carbonyl (C=O) groups is 3. The van der Waals surface area contributed by atoms with Crippen LogP contribution in [0.25, 0.3) is 0 Å². The van der Waals surface area contributed by atoms with E-state index in [2.05, 4.69) is 10.1 Å². The van der Waals surface area contributed by atoms with Crippen LogP contribution in [0.3, 0.4) is 0 Å². The van der Waals surface area contributed by atoms with Gasteiger partial charge in [-0.1, -0.05) is 6.07 Å². The first-order valence-electron chi connectivity index (χ1n) is 11.3. The normalized spacial score (nSPS) is 14.2. The van der Waals surface area contributed by atoms with Crippen molar-refractivity contribution in [3.63, 3.8) is 0 Å². The fraction of sp³-hybridized carbons (Fsp3) is 0.400. The highest BCUT2D eigenvalue weighted by Crippen LogP contribution is 2.28. The maximum Gasteiger partial charge on any atom is 0.410 e. The molecule has 11 heteroatoms. The Labute approximate surface area is 207 Å². The number of nitrogens with one attached hydrogen (secondary N) is 1. The van der Waals surface area contributed by atoms with Crippen molar-refractivity contribution in [2.45, 2.75) is 45.3 Å². The summed E-state index contributed by atoms with van der Waals surface area (Å²) in [6, 6.07) is 5.31. The van der Waals surface area contributed by atoms with Gasteiger partial charge in [0.25, 0.3) is 0 Å². The van der Waals surface area contributed by atoms with Crippen LogP contribution >= 0.6 is 0 Å². The van der Waals surface area contributed by atoms with Crippen LogP contribution < -0.4 is 10.2 Å². The minimum absolute atomic E-state index is 0.207. The van der Waals surface area contributed by atoms with E-state index in [4.69, 9.17) is 4.74 Å². The van der Waals surface area contributed by atoms with E-state index in [0.29, 0.717) is 18.9 Å². The molecule has 1 aliphatic heterocycles. The molecular weight excluding hydrogens is 479 g/mol. The van der Waals surface area contributed by atoms with Gasteiger partial charge in [0.05, 0.1) is 18.4 Å². The van der Waals surface area contributed by atoms with Crippen molar-refractivity contribution in [3.05, 3.63) is 59.4 Å². The number of rotatable bonds is 4. The number of amides is 3. The monoisotopic (exact) mass is 507 g/mol. The molecule has 0 aromatic heterocycles. The van der Waals surface area contributed by atoms with E-state index in [1.54, 1.807) is 20.8 Å². The van der Waals surface area contributed by atoms with E-state index in [9.17, 15) is 27.6 Å². The molecule has 0 saturated carbocycles. The molecule has 2 aromatic carbocycles. The van der Waals surface area contributed by atoms with Gasteiger partial charge < -0.3 is 19.7 Å².